The van der Waals surface area contributed by atoms with Gasteiger partial charge in [0.05, 0.1) is 24.8 Å². The Morgan fingerprint density at radius 1 is 1.07 bits per heavy atom. The number of nitrogens with zero attached hydrogens (tertiary/aromatic N) is 3. The number of ether oxygens (including phenoxy) is 1. The van der Waals surface area contributed by atoms with Gasteiger partial charge in [0.1, 0.15) is 15.7 Å². The van der Waals surface area contributed by atoms with Crippen molar-refractivity contribution < 1.29 is 22.7 Å². The molecule has 3 aromatic rings. The lowest BCUT2D eigenvalue weighted by Crippen LogP contribution is -2.29. The van der Waals surface area contributed by atoms with Crippen molar-refractivity contribution in [2.75, 3.05) is 11.8 Å². The summed E-state index contributed by atoms with van der Waals surface area (Å²) >= 11 is 0.942. The van der Waals surface area contributed by atoms with Crippen molar-refractivity contribution in [3.05, 3.63) is 64.2 Å². The minimum absolute atomic E-state index is 0.0187. The van der Waals surface area contributed by atoms with Gasteiger partial charge in [0.2, 0.25) is 5.13 Å². The van der Waals surface area contributed by atoms with E-state index in [4.69, 9.17) is 4.74 Å². The number of imide groups is 1. The summed E-state index contributed by atoms with van der Waals surface area (Å²) in [6, 6.07) is 11.3. The second-order valence-corrected chi connectivity index (χ2v) is 9.22. The number of anilines is 1. The van der Waals surface area contributed by atoms with E-state index < -0.39 is 21.8 Å². The maximum absolute atomic E-state index is 12.8. The molecule has 1 aromatic heterocycles. The summed E-state index contributed by atoms with van der Waals surface area (Å²) in [6.07, 6.45) is 0. The van der Waals surface area contributed by atoms with Gasteiger partial charge < -0.3 is 4.74 Å². The number of carbonyl (C=O) groups is 2. The molecule has 30 heavy (non-hydrogen) atoms. The molecule has 9 nitrogen and oxygen atoms in total. The molecule has 1 aliphatic heterocycles. The summed E-state index contributed by atoms with van der Waals surface area (Å²) in [5.74, 6) is -0.640. The van der Waals surface area contributed by atoms with E-state index in [1.807, 2.05) is 0 Å². The molecule has 0 saturated heterocycles. The van der Waals surface area contributed by atoms with Crippen LogP contribution >= 0.6 is 11.3 Å². The van der Waals surface area contributed by atoms with E-state index in [1.54, 1.807) is 43.3 Å². The van der Waals surface area contributed by atoms with Gasteiger partial charge >= 0.3 is 0 Å². The molecule has 154 valence electrons. The average Bonchev–Trinajstić information content (AvgIpc) is 3.26. The summed E-state index contributed by atoms with van der Waals surface area (Å²) in [4.78, 5) is 26.0. The van der Waals surface area contributed by atoms with E-state index in [-0.39, 0.29) is 22.3 Å². The number of amides is 2. The smallest absolute Gasteiger partial charge is 0.267 e. The highest BCUT2D eigenvalue weighted by atomic mass is 32.2. The van der Waals surface area contributed by atoms with Crippen molar-refractivity contribution >= 4 is 38.3 Å². The molecule has 0 bridgehead atoms. The fraction of sp³-hybridized carbons (Fsp3) is 0.158. The monoisotopic (exact) mass is 444 g/mol. The first-order chi connectivity index (χ1) is 14.3. The Balaban J connectivity index is 1.54. The first kappa shape index (κ1) is 20.0. The second-order valence-electron chi connectivity index (χ2n) is 6.50. The van der Waals surface area contributed by atoms with Gasteiger partial charge in [-0.05, 0) is 36.8 Å². The highest BCUT2D eigenvalue weighted by molar-refractivity contribution is 7.93. The minimum atomic E-state index is -3.97. The van der Waals surface area contributed by atoms with Crippen LogP contribution in [0.5, 0.6) is 5.75 Å². The number of carbonyl (C=O) groups excluding carboxylic acids is 2. The SMILES string of the molecule is COc1ccc(C)cc1S(=O)(=O)Nc1nnc(CN2C(=O)c3ccccc3C2=O)s1. The highest BCUT2D eigenvalue weighted by Crippen LogP contribution is 2.29. The van der Waals surface area contributed by atoms with E-state index in [2.05, 4.69) is 14.9 Å². The van der Waals surface area contributed by atoms with Gasteiger partial charge in [-0.15, -0.1) is 10.2 Å². The molecule has 2 amide bonds. The molecule has 2 aromatic carbocycles. The van der Waals surface area contributed by atoms with Crippen molar-refractivity contribution in [2.45, 2.75) is 18.4 Å². The van der Waals surface area contributed by atoms with Crippen LogP contribution in [-0.4, -0.2) is 42.4 Å². The normalized spacial score (nSPS) is 13.5. The molecular formula is C19H16N4O5S2. The van der Waals surface area contributed by atoms with Crippen LogP contribution in [0.3, 0.4) is 0 Å². The first-order valence-corrected chi connectivity index (χ1v) is 11.0. The number of fused-ring (bicyclic) bond motifs is 1. The summed E-state index contributed by atoms with van der Waals surface area (Å²) in [7, 11) is -2.59. The molecule has 0 spiro atoms. The van der Waals surface area contributed by atoms with Crippen LogP contribution < -0.4 is 9.46 Å². The third kappa shape index (κ3) is 3.53. The fourth-order valence-electron chi connectivity index (χ4n) is 3.04. The number of sulfonamides is 1. The van der Waals surface area contributed by atoms with Crippen LogP contribution in [-0.2, 0) is 16.6 Å². The zero-order chi connectivity index (χ0) is 21.5. The van der Waals surface area contributed by atoms with E-state index in [0.717, 1.165) is 21.8 Å². The van der Waals surface area contributed by atoms with Crippen LogP contribution in [0.15, 0.2) is 47.4 Å². The molecule has 0 atom stereocenters. The number of aromatic nitrogens is 2. The summed E-state index contributed by atoms with van der Waals surface area (Å²) in [5, 5.41) is 8.08. The Bertz CT molecular complexity index is 1230. The summed E-state index contributed by atoms with van der Waals surface area (Å²) < 4.78 is 33.0. The predicted octanol–water partition coefficient (Wildman–Crippen LogP) is 2.45. The maximum Gasteiger partial charge on any atom is 0.267 e. The number of methoxy groups -OCH3 is 1. The molecule has 0 aliphatic carbocycles. The Morgan fingerprint density at radius 2 is 1.73 bits per heavy atom. The van der Waals surface area contributed by atoms with Gasteiger partial charge in [0, 0.05) is 0 Å². The number of hydrogen-bond donors (Lipinski definition) is 1. The number of rotatable bonds is 6. The third-order valence-corrected chi connectivity index (χ3v) is 6.78. The van der Waals surface area contributed by atoms with E-state index in [9.17, 15) is 18.0 Å². The molecule has 1 N–H and O–H groups in total. The number of benzene rings is 2. The molecule has 2 heterocycles. The lowest BCUT2D eigenvalue weighted by Gasteiger charge is -2.11. The molecule has 0 unspecified atom stereocenters. The average molecular weight is 444 g/mol. The standard InChI is InChI=1S/C19H16N4O5S2/c1-11-7-8-14(28-2)15(9-11)30(26,27)22-19-21-20-16(29-19)10-23-17(24)12-5-3-4-6-13(12)18(23)25/h3-9H,10H2,1-2H3,(H,21,22). The second kappa shape index (κ2) is 7.50. The molecule has 4 rings (SSSR count). The van der Waals surface area contributed by atoms with Gasteiger partial charge in [-0.25, -0.2) is 8.42 Å². The molecule has 1 aliphatic rings. The van der Waals surface area contributed by atoms with Crippen molar-refractivity contribution in [1.82, 2.24) is 15.1 Å². The van der Waals surface area contributed by atoms with Gasteiger partial charge in [-0.2, -0.15) is 0 Å². The van der Waals surface area contributed by atoms with Crippen LogP contribution in [0.1, 0.15) is 31.3 Å². The van der Waals surface area contributed by atoms with Crippen molar-refractivity contribution in [3.8, 4) is 5.75 Å². The Hall–Kier alpha value is -3.31. The quantitative estimate of drug-likeness (QED) is 0.580. The number of aryl methyl sites for hydroxylation is 1. The van der Waals surface area contributed by atoms with Gasteiger partial charge in [-0.1, -0.05) is 29.5 Å². The highest BCUT2D eigenvalue weighted by Gasteiger charge is 2.35. The van der Waals surface area contributed by atoms with Crippen LogP contribution in [0.2, 0.25) is 0 Å². The minimum Gasteiger partial charge on any atom is -0.495 e. The Kier molecular flexibility index (Phi) is 5.00. The van der Waals surface area contributed by atoms with Gasteiger partial charge in [-0.3, -0.25) is 19.2 Å². The molecule has 0 fully saturated rings. The van der Waals surface area contributed by atoms with Crippen LogP contribution in [0.25, 0.3) is 0 Å². The van der Waals surface area contributed by atoms with Crippen LogP contribution in [0.4, 0.5) is 5.13 Å². The Morgan fingerprint density at radius 3 is 2.37 bits per heavy atom. The zero-order valence-corrected chi connectivity index (χ0v) is 17.6. The topological polar surface area (TPSA) is 119 Å². The number of nitrogens with one attached hydrogen (secondary N) is 1. The van der Waals surface area contributed by atoms with E-state index in [1.165, 1.54) is 13.2 Å². The lowest BCUT2D eigenvalue weighted by atomic mass is 10.1. The molecule has 0 saturated carbocycles. The molecular weight excluding hydrogens is 428 g/mol. The zero-order valence-electron chi connectivity index (χ0n) is 15.9. The van der Waals surface area contributed by atoms with Gasteiger partial charge in [0.25, 0.3) is 21.8 Å². The largest absolute Gasteiger partial charge is 0.495 e. The van der Waals surface area contributed by atoms with E-state index in [0.29, 0.717) is 16.1 Å². The van der Waals surface area contributed by atoms with Crippen molar-refractivity contribution in [2.24, 2.45) is 0 Å². The van der Waals surface area contributed by atoms with E-state index >= 15 is 0 Å². The maximum atomic E-state index is 12.8. The van der Waals surface area contributed by atoms with Gasteiger partial charge in [0.15, 0.2) is 0 Å². The summed E-state index contributed by atoms with van der Waals surface area (Å²) in [5.41, 5.74) is 1.42. The summed E-state index contributed by atoms with van der Waals surface area (Å²) in [6.45, 7) is 1.67. The fourth-order valence-corrected chi connectivity index (χ4v) is 5.25. The third-order valence-electron chi connectivity index (χ3n) is 4.47. The Labute approximate surface area is 176 Å². The molecule has 0 radical (unpaired) electrons. The van der Waals surface area contributed by atoms with Crippen molar-refractivity contribution in [3.63, 3.8) is 0 Å². The predicted molar refractivity (Wildman–Crippen MR) is 109 cm³/mol. The molecule has 11 heteroatoms. The number of hydrogen-bond acceptors (Lipinski definition) is 8. The lowest BCUT2D eigenvalue weighted by molar-refractivity contribution is 0.0642. The van der Waals surface area contributed by atoms with Crippen LogP contribution in [0, 0.1) is 6.92 Å². The first-order valence-electron chi connectivity index (χ1n) is 8.75. The van der Waals surface area contributed by atoms with Crippen molar-refractivity contribution in [1.29, 1.82) is 0 Å².